The summed E-state index contributed by atoms with van der Waals surface area (Å²) in [5.74, 6) is 3.12. The normalized spacial score (nSPS) is 10.8. The standard InChI is InChI=1S/C20H18N4O4/c1-3-26-16-9-4-6-13(10-16)19-21-17(28-24-19)12-18-22-23-20(27-18)14-7-5-8-15(11-14)25-2/h4-11H,3,12H2,1-2H3. The van der Waals surface area contributed by atoms with Crippen LogP contribution in [0.5, 0.6) is 11.5 Å². The number of benzene rings is 2. The fourth-order valence-electron chi connectivity index (χ4n) is 2.66. The summed E-state index contributed by atoms with van der Waals surface area (Å²) >= 11 is 0. The number of hydrogen-bond donors (Lipinski definition) is 0. The summed E-state index contributed by atoms with van der Waals surface area (Å²) in [5, 5.41) is 12.2. The Morgan fingerprint density at radius 3 is 2.54 bits per heavy atom. The summed E-state index contributed by atoms with van der Waals surface area (Å²) in [6, 6.07) is 14.9. The summed E-state index contributed by atoms with van der Waals surface area (Å²) in [7, 11) is 1.61. The van der Waals surface area contributed by atoms with Crippen LogP contribution in [0.1, 0.15) is 18.7 Å². The monoisotopic (exact) mass is 378 g/mol. The lowest BCUT2D eigenvalue weighted by Crippen LogP contribution is -1.92. The van der Waals surface area contributed by atoms with Crippen molar-refractivity contribution < 1.29 is 18.4 Å². The lowest BCUT2D eigenvalue weighted by molar-refractivity contribution is 0.340. The van der Waals surface area contributed by atoms with Crippen LogP contribution in [-0.2, 0) is 6.42 Å². The average molecular weight is 378 g/mol. The summed E-state index contributed by atoms with van der Waals surface area (Å²) in [6.45, 7) is 2.52. The molecule has 0 saturated carbocycles. The van der Waals surface area contributed by atoms with Gasteiger partial charge in [0.15, 0.2) is 0 Å². The first-order valence-corrected chi connectivity index (χ1v) is 8.78. The van der Waals surface area contributed by atoms with Gasteiger partial charge >= 0.3 is 0 Å². The Balaban J connectivity index is 1.50. The highest BCUT2D eigenvalue weighted by atomic mass is 16.5. The second-order valence-electron chi connectivity index (χ2n) is 5.88. The molecule has 142 valence electrons. The molecule has 0 aliphatic heterocycles. The van der Waals surface area contributed by atoms with Crippen molar-refractivity contribution >= 4 is 0 Å². The van der Waals surface area contributed by atoms with Gasteiger partial charge in [-0.1, -0.05) is 23.4 Å². The van der Waals surface area contributed by atoms with Gasteiger partial charge < -0.3 is 18.4 Å². The van der Waals surface area contributed by atoms with E-state index in [9.17, 15) is 0 Å². The zero-order chi connectivity index (χ0) is 19.3. The van der Waals surface area contributed by atoms with E-state index in [1.165, 1.54) is 0 Å². The van der Waals surface area contributed by atoms with Crippen LogP contribution in [0.15, 0.2) is 57.5 Å². The van der Waals surface area contributed by atoms with Crippen molar-refractivity contribution in [1.82, 2.24) is 20.3 Å². The molecule has 4 rings (SSSR count). The fourth-order valence-corrected chi connectivity index (χ4v) is 2.66. The first kappa shape index (κ1) is 17.7. The van der Waals surface area contributed by atoms with Crippen LogP contribution in [0.2, 0.25) is 0 Å². The smallest absolute Gasteiger partial charge is 0.247 e. The molecule has 0 amide bonds. The van der Waals surface area contributed by atoms with Gasteiger partial charge in [0, 0.05) is 11.1 Å². The molecule has 4 aromatic rings. The van der Waals surface area contributed by atoms with Crippen LogP contribution in [-0.4, -0.2) is 34.1 Å². The maximum absolute atomic E-state index is 5.71. The van der Waals surface area contributed by atoms with E-state index in [1.54, 1.807) is 7.11 Å². The fraction of sp³-hybridized carbons (Fsp3) is 0.200. The molecule has 0 atom stereocenters. The van der Waals surface area contributed by atoms with Gasteiger partial charge in [0.05, 0.1) is 13.7 Å². The largest absolute Gasteiger partial charge is 0.497 e. The van der Waals surface area contributed by atoms with Crippen molar-refractivity contribution in [2.75, 3.05) is 13.7 Å². The van der Waals surface area contributed by atoms with Crippen molar-refractivity contribution in [2.24, 2.45) is 0 Å². The number of methoxy groups -OCH3 is 1. The minimum absolute atomic E-state index is 0.245. The molecule has 0 saturated heterocycles. The van der Waals surface area contributed by atoms with Gasteiger partial charge in [0.2, 0.25) is 23.5 Å². The molecule has 0 radical (unpaired) electrons. The molecule has 0 aliphatic carbocycles. The molecular formula is C20H18N4O4. The zero-order valence-electron chi connectivity index (χ0n) is 15.5. The molecule has 2 aromatic heterocycles. The van der Waals surface area contributed by atoms with Crippen LogP contribution in [0.4, 0.5) is 0 Å². The van der Waals surface area contributed by atoms with E-state index in [1.807, 2.05) is 55.5 Å². The predicted octanol–water partition coefficient (Wildman–Crippen LogP) is 3.78. The van der Waals surface area contributed by atoms with Gasteiger partial charge in [-0.2, -0.15) is 4.98 Å². The minimum Gasteiger partial charge on any atom is -0.497 e. The number of nitrogens with zero attached hydrogens (tertiary/aromatic N) is 4. The maximum Gasteiger partial charge on any atom is 0.247 e. The van der Waals surface area contributed by atoms with Crippen molar-refractivity contribution in [3.05, 3.63) is 60.3 Å². The summed E-state index contributed by atoms with van der Waals surface area (Å²) in [5.41, 5.74) is 1.58. The van der Waals surface area contributed by atoms with Gasteiger partial charge in [-0.25, -0.2) is 0 Å². The van der Waals surface area contributed by atoms with Crippen LogP contribution < -0.4 is 9.47 Å². The Morgan fingerprint density at radius 2 is 1.71 bits per heavy atom. The van der Waals surface area contributed by atoms with Gasteiger partial charge in [-0.3, -0.25) is 0 Å². The molecule has 8 heteroatoms. The van der Waals surface area contributed by atoms with Crippen LogP contribution >= 0.6 is 0 Å². The number of aromatic nitrogens is 4. The third-order valence-electron chi connectivity index (χ3n) is 3.96. The number of rotatable bonds is 7. The number of ether oxygens (including phenoxy) is 2. The van der Waals surface area contributed by atoms with E-state index in [2.05, 4.69) is 20.3 Å². The zero-order valence-corrected chi connectivity index (χ0v) is 15.5. The van der Waals surface area contributed by atoms with Gasteiger partial charge in [-0.05, 0) is 37.3 Å². The molecule has 0 spiro atoms. The molecule has 8 nitrogen and oxygen atoms in total. The van der Waals surface area contributed by atoms with E-state index in [-0.39, 0.29) is 6.42 Å². The Labute approximate surface area is 161 Å². The highest BCUT2D eigenvalue weighted by Crippen LogP contribution is 2.24. The molecule has 0 bridgehead atoms. The van der Waals surface area contributed by atoms with Gasteiger partial charge in [0.1, 0.15) is 17.9 Å². The Bertz CT molecular complexity index is 1070. The lowest BCUT2D eigenvalue weighted by Gasteiger charge is -2.02. The molecule has 0 unspecified atom stereocenters. The van der Waals surface area contributed by atoms with Gasteiger partial charge in [0.25, 0.3) is 0 Å². The van der Waals surface area contributed by atoms with Crippen molar-refractivity contribution in [2.45, 2.75) is 13.3 Å². The van der Waals surface area contributed by atoms with E-state index < -0.39 is 0 Å². The summed E-state index contributed by atoms with van der Waals surface area (Å²) in [4.78, 5) is 4.41. The van der Waals surface area contributed by atoms with Crippen molar-refractivity contribution in [3.8, 4) is 34.3 Å². The Kier molecular flexibility index (Phi) is 5.01. The molecular weight excluding hydrogens is 360 g/mol. The Morgan fingerprint density at radius 1 is 0.929 bits per heavy atom. The quantitative estimate of drug-likeness (QED) is 0.479. The molecule has 2 aromatic carbocycles. The second kappa shape index (κ2) is 7.91. The third-order valence-corrected chi connectivity index (χ3v) is 3.96. The first-order valence-electron chi connectivity index (χ1n) is 8.78. The average Bonchev–Trinajstić information content (AvgIpc) is 3.39. The van der Waals surface area contributed by atoms with Crippen molar-refractivity contribution in [3.63, 3.8) is 0 Å². The summed E-state index contributed by atoms with van der Waals surface area (Å²) in [6.07, 6.45) is 0.245. The van der Waals surface area contributed by atoms with Gasteiger partial charge in [-0.15, -0.1) is 10.2 Å². The second-order valence-corrected chi connectivity index (χ2v) is 5.88. The Hall–Kier alpha value is -3.68. The SMILES string of the molecule is CCOc1cccc(-c2noc(Cc3nnc(-c4cccc(OC)c4)o3)n2)c1. The van der Waals surface area contributed by atoms with E-state index in [0.29, 0.717) is 35.9 Å². The van der Waals surface area contributed by atoms with E-state index >= 15 is 0 Å². The lowest BCUT2D eigenvalue weighted by atomic mass is 10.2. The van der Waals surface area contributed by atoms with Crippen molar-refractivity contribution in [1.29, 1.82) is 0 Å². The molecule has 28 heavy (non-hydrogen) atoms. The highest BCUT2D eigenvalue weighted by molar-refractivity contribution is 5.57. The maximum atomic E-state index is 5.71. The first-order chi connectivity index (χ1) is 13.7. The topological polar surface area (TPSA) is 96.3 Å². The predicted molar refractivity (Wildman–Crippen MR) is 100.0 cm³/mol. The van der Waals surface area contributed by atoms with Crippen LogP contribution in [0.3, 0.4) is 0 Å². The number of hydrogen-bond acceptors (Lipinski definition) is 8. The molecule has 0 aliphatic rings. The summed E-state index contributed by atoms with van der Waals surface area (Å²) < 4.78 is 21.8. The van der Waals surface area contributed by atoms with E-state index in [0.717, 1.165) is 16.9 Å². The molecule has 2 heterocycles. The third kappa shape index (κ3) is 3.85. The molecule has 0 N–H and O–H groups in total. The van der Waals surface area contributed by atoms with Crippen LogP contribution in [0.25, 0.3) is 22.8 Å². The van der Waals surface area contributed by atoms with Crippen LogP contribution in [0, 0.1) is 0 Å². The van der Waals surface area contributed by atoms with E-state index in [4.69, 9.17) is 18.4 Å². The highest BCUT2D eigenvalue weighted by Gasteiger charge is 2.15. The molecule has 0 fully saturated rings. The minimum atomic E-state index is 0.245.